The lowest BCUT2D eigenvalue weighted by Gasteiger charge is -2.14. The molecule has 1 fully saturated rings. The van der Waals surface area contributed by atoms with Gasteiger partial charge in [-0.05, 0) is 51.0 Å². The Morgan fingerprint density at radius 1 is 1.15 bits per heavy atom. The summed E-state index contributed by atoms with van der Waals surface area (Å²) >= 11 is 0. The van der Waals surface area contributed by atoms with E-state index in [0.29, 0.717) is 5.95 Å². The largest absolute Gasteiger partial charge is 0.306 e. The number of rotatable bonds is 3. The SMILES string of the molecule is CN1CCCC(C(=O)Nc2ncc3ccc(-c4cnn(C)c4)cc3n2)CC1. The van der Waals surface area contributed by atoms with Crippen LogP contribution in [0.1, 0.15) is 19.3 Å². The number of carbonyl (C=O) groups is 1. The van der Waals surface area contributed by atoms with Crippen LogP contribution in [-0.2, 0) is 11.8 Å². The Morgan fingerprint density at radius 2 is 2.04 bits per heavy atom. The van der Waals surface area contributed by atoms with Crippen molar-refractivity contribution in [1.82, 2.24) is 24.6 Å². The highest BCUT2D eigenvalue weighted by Crippen LogP contribution is 2.24. The molecule has 4 rings (SSSR count). The molecule has 7 nitrogen and oxygen atoms in total. The van der Waals surface area contributed by atoms with Gasteiger partial charge in [0.1, 0.15) is 0 Å². The molecule has 1 N–H and O–H groups in total. The van der Waals surface area contributed by atoms with Crippen LogP contribution in [0, 0.1) is 5.92 Å². The summed E-state index contributed by atoms with van der Waals surface area (Å²) in [5.41, 5.74) is 2.88. The van der Waals surface area contributed by atoms with Gasteiger partial charge in [-0.2, -0.15) is 5.10 Å². The Hall–Kier alpha value is -2.80. The van der Waals surface area contributed by atoms with E-state index in [4.69, 9.17) is 0 Å². The summed E-state index contributed by atoms with van der Waals surface area (Å²) in [5.74, 6) is 0.414. The van der Waals surface area contributed by atoms with Crippen molar-refractivity contribution >= 4 is 22.8 Å². The zero-order chi connectivity index (χ0) is 18.8. The first kappa shape index (κ1) is 17.6. The Balaban J connectivity index is 1.54. The van der Waals surface area contributed by atoms with Gasteiger partial charge >= 0.3 is 0 Å². The molecule has 3 aromatic rings. The lowest BCUT2D eigenvalue weighted by Crippen LogP contribution is -2.25. The Bertz CT molecular complexity index is 966. The molecule has 27 heavy (non-hydrogen) atoms. The molecule has 1 aromatic carbocycles. The molecule has 1 atom stereocenters. The molecular weight excluding hydrogens is 340 g/mol. The van der Waals surface area contributed by atoms with Crippen LogP contribution in [0.5, 0.6) is 0 Å². The molecule has 1 saturated heterocycles. The second kappa shape index (κ2) is 7.44. The molecule has 7 heteroatoms. The number of likely N-dealkylation sites (tertiary alicyclic amines) is 1. The van der Waals surface area contributed by atoms with Gasteiger partial charge in [0.05, 0.1) is 11.7 Å². The van der Waals surface area contributed by atoms with Crippen LogP contribution < -0.4 is 5.32 Å². The number of amides is 1. The standard InChI is InChI=1S/C20H24N6O/c1-25-8-3-4-14(7-9-25)19(27)24-20-21-11-16-6-5-15(10-18(16)23-20)17-12-22-26(2)13-17/h5-6,10-14H,3-4,7-9H2,1-2H3,(H,21,23,24,27). The van der Waals surface area contributed by atoms with Gasteiger partial charge in [-0.25, -0.2) is 9.97 Å². The number of hydrogen-bond acceptors (Lipinski definition) is 5. The molecule has 3 heterocycles. The highest BCUT2D eigenvalue weighted by atomic mass is 16.2. The van der Waals surface area contributed by atoms with E-state index < -0.39 is 0 Å². The van der Waals surface area contributed by atoms with Crippen LogP contribution in [0.2, 0.25) is 0 Å². The minimum atomic E-state index is 0.0214. The number of nitrogens with one attached hydrogen (secondary N) is 1. The number of aryl methyl sites for hydroxylation is 1. The maximum Gasteiger partial charge on any atom is 0.229 e. The van der Waals surface area contributed by atoms with E-state index in [9.17, 15) is 4.79 Å². The van der Waals surface area contributed by atoms with Gasteiger partial charge in [-0.1, -0.05) is 12.1 Å². The van der Waals surface area contributed by atoms with Gasteiger partial charge in [0.2, 0.25) is 11.9 Å². The van der Waals surface area contributed by atoms with Gasteiger partial charge in [0, 0.05) is 36.3 Å². The number of hydrogen-bond donors (Lipinski definition) is 1. The number of benzene rings is 1. The molecule has 0 radical (unpaired) electrons. The van der Waals surface area contributed by atoms with Crippen LogP contribution in [0.4, 0.5) is 5.95 Å². The Kier molecular flexibility index (Phi) is 4.85. The van der Waals surface area contributed by atoms with Crippen molar-refractivity contribution in [2.45, 2.75) is 19.3 Å². The number of anilines is 1. The fourth-order valence-electron chi connectivity index (χ4n) is 3.55. The van der Waals surface area contributed by atoms with Crippen molar-refractivity contribution in [3.63, 3.8) is 0 Å². The van der Waals surface area contributed by atoms with Crippen LogP contribution in [0.25, 0.3) is 22.0 Å². The third kappa shape index (κ3) is 3.98. The summed E-state index contributed by atoms with van der Waals surface area (Å²) in [6, 6.07) is 6.03. The predicted octanol–water partition coefficient (Wildman–Crippen LogP) is 2.70. The van der Waals surface area contributed by atoms with Crippen molar-refractivity contribution in [2.24, 2.45) is 13.0 Å². The Labute approximate surface area is 158 Å². The quantitative estimate of drug-likeness (QED) is 0.773. The average Bonchev–Trinajstić information content (AvgIpc) is 2.98. The summed E-state index contributed by atoms with van der Waals surface area (Å²) in [6.45, 7) is 2.00. The summed E-state index contributed by atoms with van der Waals surface area (Å²) < 4.78 is 1.77. The summed E-state index contributed by atoms with van der Waals surface area (Å²) in [5, 5.41) is 8.07. The van der Waals surface area contributed by atoms with Gasteiger partial charge in [-0.15, -0.1) is 0 Å². The molecular formula is C20H24N6O. The molecule has 1 aliphatic rings. The molecule has 140 valence electrons. The third-order valence-electron chi connectivity index (χ3n) is 5.18. The molecule has 0 spiro atoms. The minimum absolute atomic E-state index is 0.0214. The number of nitrogens with zero attached hydrogens (tertiary/aromatic N) is 5. The summed E-state index contributed by atoms with van der Waals surface area (Å²) in [4.78, 5) is 23.8. The summed E-state index contributed by atoms with van der Waals surface area (Å²) in [7, 11) is 4.00. The van der Waals surface area contributed by atoms with E-state index in [1.165, 1.54) is 0 Å². The fraction of sp³-hybridized carbons (Fsp3) is 0.400. The minimum Gasteiger partial charge on any atom is -0.306 e. The molecule has 0 bridgehead atoms. The highest BCUT2D eigenvalue weighted by Gasteiger charge is 2.22. The first-order valence-corrected chi connectivity index (χ1v) is 9.34. The van der Waals surface area contributed by atoms with Crippen molar-refractivity contribution in [2.75, 3.05) is 25.5 Å². The normalized spacial score (nSPS) is 18.4. The Morgan fingerprint density at radius 3 is 2.85 bits per heavy atom. The predicted molar refractivity (Wildman–Crippen MR) is 105 cm³/mol. The number of aromatic nitrogens is 4. The summed E-state index contributed by atoms with van der Waals surface area (Å²) in [6.07, 6.45) is 8.38. The van der Waals surface area contributed by atoms with E-state index in [-0.39, 0.29) is 11.8 Å². The monoisotopic (exact) mass is 364 g/mol. The average molecular weight is 364 g/mol. The molecule has 1 aliphatic heterocycles. The maximum atomic E-state index is 12.6. The van der Waals surface area contributed by atoms with E-state index in [1.54, 1.807) is 10.9 Å². The lowest BCUT2D eigenvalue weighted by molar-refractivity contribution is -0.120. The van der Waals surface area contributed by atoms with E-state index in [2.05, 4.69) is 32.3 Å². The van der Waals surface area contributed by atoms with Crippen molar-refractivity contribution < 1.29 is 4.79 Å². The van der Waals surface area contributed by atoms with Gasteiger partial charge in [0.15, 0.2) is 0 Å². The second-order valence-corrected chi connectivity index (χ2v) is 7.29. The molecule has 0 aliphatic carbocycles. The highest BCUT2D eigenvalue weighted by molar-refractivity contribution is 5.92. The smallest absolute Gasteiger partial charge is 0.229 e. The number of carbonyl (C=O) groups excluding carboxylic acids is 1. The van der Waals surface area contributed by atoms with Gasteiger partial charge in [0.25, 0.3) is 0 Å². The van der Waals surface area contributed by atoms with E-state index in [0.717, 1.165) is 54.4 Å². The van der Waals surface area contributed by atoms with Crippen LogP contribution in [-0.4, -0.2) is 50.7 Å². The van der Waals surface area contributed by atoms with Gasteiger partial charge in [-0.3, -0.25) is 14.8 Å². The van der Waals surface area contributed by atoms with Crippen LogP contribution in [0.15, 0.2) is 36.8 Å². The fourth-order valence-corrected chi connectivity index (χ4v) is 3.55. The second-order valence-electron chi connectivity index (χ2n) is 7.29. The van der Waals surface area contributed by atoms with Gasteiger partial charge < -0.3 is 4.90 Å². The molecule has 2 aromatic heterocycles. The van der Waals surface area contributed by atoms with E-state index in [1.807, 2.05) is 37.6 Å². The lowest BCUT2D eigenvalue weighted by atomic mass is 10.00. The van der Waals surface area contributed by atoms with Crippen LogP contribution in [0.3, 0.4) is 0 Å². The van der Waals surface area contributed by atoms with Crippen LogP contribution >= 0.6 is 0 Å². The molecule has 1 amide bonds. The third-order valence-corrected chi connectivity index (χ3v) is 5.18. The van der Waals surface area contributed by atoms with Crippen molar-refractivity contribution in [3.05, 3.63) is 36.8 Å². The van der Waals surface area contributed by atoms with E-state index >= 15 is 0 Å². The maximum absolute atomic E-state index is 12.6. The molecule has 1 unspecified atom stereocenters. The zero-order valence-electron chi connectivity index (χ0n) is 15.7. The van der Waals surface area contributed by atoms with Crippen molar-refractivity contribution in [1.29, 1.82) is 0 Å². The number of fused-ring (bicyclic) bond motifs is 1. The van der Waals surface area contributed by atoms with Crippen molar-refractivity contribution in [3.8, 4) is 11.1 Å². The topological polar surface area (TPSA) is 75.9 Å². The molecule has 0 saturated carbocycles. The zero-order valence-corrected chi connectivity index (χ0v) is 15.7. The first-order valence-electron chi connectivity index (χ1n) is 9.34. The first-order chi connectivity index (χ1) is 13.1.